The van der Waals surface area contributed by atoms with Gasteiger partial charge < -0.3 is 9.64 Å². The lowest BCUT2D eigenvalue weighted by Crippen LogP contribution is -2.16. The number of fused-ring (bicyclic) bond motifs is 9. The van der Waals surface area contributed by atoms with Crippen molar-refractivity contribution in [1.29, 1.82) is 0 Å². The van der Waals surface area contributed by atoms with Gasteiger partial charge in [-0.25, -0.2) is 0 Å². The summed E-state index contributed by atoms with van der Waals surface area (Å²) in [6, 6.07) is 72.5. The fourth-order valence-electron chi connectivity index (χ4n) is 9.21. The van der Waals surface area contributed by atoms with Crippen molar-refractivity contribution in [3.8, 4) is 67.1 Å². The summed E-state index contributed by atoms with van der Waals surface area (Å²) in [5.74, 6) is 1.67. The maximum Gasteiger partial charge on any atom is 0.137 e. The van der Waals surface area contributed by atoms with Crippen molar-refractivity contribution in [3.63, 3.8) is 0 Å². The van der Waals surface area contributed by atoms with E-state index in [2.05, 4.69) is 219 Å². The van der Waals surface area contributed by atoms with Crippen molar-refractivity contribution >= 4 is 27.8 Å². The van der Waals surface area contributed by atoms with Crippen LogP contribution in [0.5, 0.6) is 11.5 Å². The molecule has 2 aliphatic rings. The van der Waals surface area contributed by atoms with Gasteiger partial charge >= 0.3 is 0 Å². The van der Waals surface area contributed by atoms with Crippen molar-refractivity contribution < 1.29 is 4.74 Å². The Morgan fingerprint density at radius 2 is 0.912 bits per heavy atom. The Kier molecular flexibility index (Phi) is 7.55. The SMILES string of the molecule is CC1(C)c2ccccc2-c2ccc(N(c3ccc(-c4ccccc4)cc3)c3ccc4c(c3)Oc3cccc(-c5ccccc5)c3-c3cc5ccccc5cc3-4)cc21. The van der Waals surface area contributed by atoms with Gasteiger partial charge in [0, 0.05) is 39.7 Å². The van der Waals surface area contributed by atoms with Crippen molar-refractivity contribution in [1.82, 2.24) is 0 Å². The Morgan fingerprint density at radius 3 is 1.67 bits per heavy atom. The highest BCUT2D eigenvalue weighted by Crippen LogP contribution is 2.54. The third-order valence-corrected chi connectivity index (χ3v) is 12.1. The molecule has 0 saturated heterocycles. The van der Waals surface area contributed by atoms with E-state index < -0.39 is 0 Å². The number of hydrogen-bond acceptors (Lipinski definition) is 2. The average molecular weight is 730 g/mol. The molecule has 0 fully saturated rings. The lowest BCUT2D eigenvalue weighted by Gasteiger charge is -2.29. The monoisotopic (exact) mass is 729 g/mol. The van der Waals surface area contributed by atoms with Gasteiger partial charge in [0.15, 0.2) is 0 Å². The standard InChI is InChI=1S/C55H39NO/c1-55(2)50-22-12-11-20-45(50)46-30-28-42(34-51(46)55)56(41-26-24-37(25-27-41)36-14-5-3-6-15-36)43-29-31-47-48-32-39-18-9-10-19-40(39)33-49(48)54-44(38-16-7-4-8-17-38)21-13-23-52(54)57-53(47)35-43/h3-35H,1-2H3. The lowest BCUT2D eigenvalue weighted by molar-refractivity contribution is 0.488. The smallest absolute Gasteiger partial charge is 0.137 e. The summed E-state index contributed by atoms with van der Waals surface area (Å²) in [5, 5.41) is 2.41. The molecule has 11 rings (SSSR count). The first kappa shape index (κ1) is 33.2. The van der Waals surface area contributed by atoms with Gasteiger partial charge in [-0.3, -0.25) is 0 Å². The van der Waals surface area contributed by atoms with Gasteiger partial charge in [-0.05, 0) is 121 Å². The first-order chi connectivity index (χ1) is 28.0. The molecule has 0 saturated carbocycles. The van der Waals surface area contributed by atoms with Crippen LogP contribution < -0.4 is 9.64 Å². The second-order valence-electron chi connectivity index (χ2n) is 15.7. The predicted molar refractivity (Wildman–Crippen MR) is 238 cm³/mol. The lowest BCUT2D eigenvalue weighted by atomic mass is 9.82. The first-order valence-electron chi connectivity index (χ1n) is 19.8. The van der Waals surface area contributed by atoms with E-state index in [1.54, 1.807) is 0 Å². The third-order valence-electron chi connectivity index (χ3n) is 12.1. The van der Waals surface area contributed by atoms with Crippen LogP contribution in [0.25, 0.3) is 66.4 Å². The topological polar surface area (TPSA) is 12.5 Å². The molecule has 0 bridgehead atoms. The van der Waals surface area contributed by atoms with E-state index >= 15 is 0 Å². The Morgan fingerprint density at radius 1 is 0.351 bits per heavy atom. The summed E-state index contributed by atoms with van der Waals surface area (Å²) < 4.78 is 7.14. The van der Waals surface area contributed by atoms with Crippen LogP contribution in [0.3, 0.4) is 0 Å². The molecule has 0 spiro atoms. The van der Waals surface area contributed by atoms with E-state index in [-0.39, 0.29) is 5.41 Å². The molecule has 1 heterocycles. The van der Waals surface area contributed by atoms with Crippen molar-refractivity contribution in [3.05, 3.63) is 211 Å². The summed E-state index contributed by atoms with van der Waals surface area (Å²) in [6.45, 7) is 4.69. The summed E-state index contributed by atoms with van der Waals surface area (Å²) in [6.07, 6.45) is 0. The third kappa shape index (κ3) is 5.40. The van der Waals surface area contributed by atoms with Crippen LogP contribution in [0.4, 0.5) is 17.1 Å². The summed E-state index contributed by atoms with van der Waals surface area (Å²) in [7, 11) is 0. The molecule has 2 heteroatoms. The highest BCUT2D eigenvalue weighted by Gasteiger charge is 2.36. The molecule has 9 aromatic carbocycles. The van der Waals surface area contributed by atoms with Crippen molar-refractivity contribution in [2.45, 2.75) is 19.3 Å². The quantitative estimate of drug-likeness (QED) is 0.175. The van der Waals surface area contributed by atoms with Crippen LogP contribution in [0.2, 0.25) is 0 Å². The molecule has 0 aromatic heterocycles. The number of ether oxygens (including phenoxy) is 1. The predicted octanol–water partition coefficient (Wildman–Crippen LogP) is 15.4. The Hall–Kier alpha value is -7.16. The van der Waals surface area contributed by atoms with E-state index in [1.807, 2.05) is 0 Å². The van der Waals surface area contributed by atoms with Gasteiger partial charge in [0.1, 0.15) is 11.5 Å². The number of nitrogens with zero attached hydrogens (tertiary/aromatic N) is 1. The summed E-state index contributed by atoms with van der Waals surface area (Å²) >= 11 is 0. The molecular formula is C55H39NO. The van der Waals surface area contributed by atoms with E-state index in [0.717, 1.165) is 56.4 Å². The fraction of sp³-hybridized carbons (Fsp3) is 0.0545. The second kappa shape index (κ2) is 13.0. The average Bonchev–Trinajstić information content (AvgIpc) is 3.40. The zero-order valence-electron chi connectivity index (χ0n) is 31.9. The van der Waals surface area contributed by atoms with E-state index in [4.69, 9.17) is 4.74 Å². The molecule has 1 aliphatic carbocycles. The van der Waals surface area contributed by atoms with Crippen LogP contribution >= 0.6 is 0 Å². The van der Waals surface area contributed by atoms with E-state index in [9.17, 15) is 0 Å². The molecule has 1 aliphatic heterocycles. The highest BCUT2D eigenvalue weighted by atomic mass is 16.5. The highest BCUT2D eigenvalue weighted by molar-refractivity contribution is 6.03. The minimum absolute atomic E-state index is 0.131. The minimum atomic E-state index is -0.131. The molecule has 0 amide bonds. The van der Waals surface area contributed by atoms with E-state index in [0.29, 0.717) is 0 Å². The number of rotatable bonds is 5. The number of benzene rings is 9. The molecule has 270 valence electrons. The van der Waals surface area contributed by atoms with Gasteiger partial charge in [0.2, 0.25) is 0 Å². The second-order valence-corrected chi connectivity index (χ2v) is 15.7. The molecule has 9 aromatic rings. The number of anilines is 3. The van der Waals surface area contributed by atoms with Gasteiger partial charge in [-0.2, -0.15) is 0 Å². The first-order valence-corrected chi connectivity index (χ1v) is 19.8. The van der Waals surface area contributed by atoms with Gasteiger partial charge in [-0.1, -0.05) is 153 Å². The Balaban J connectivity index is 1.11. The summed E-state index contributed by atoms with van der Waals surface area (Å²) in [4.78, 5) is 2.38. The summed E-state index contributed by atoms with van der Waals surface area (Å²) in [5.41, 5.74) is 17.6. The van der Waals surface area contributed by atoms with Crippen molar-refractivity contribution in [2.24, 2.45) is 0 Å². The normalized spacial score (nSPS) is 13.0. The largest absolute Gasteiger partial charge is 0.456 e. The van der Waals surface area contributed by atoms with E-state index in [1.165, 1.54) is 49.7 Å². The minimum Gasteiger partial charge on any atom is -0.456 e. The Bertz CT molecular complexity index is 3000. The molecule has 0 unspecified atom stereocenters. The fourth-order valence-corrected chi connectivity index (χ4v) is 9.21. The zero-order valence-corrected chi connectivity index (χ0v) is 31.9. The van der Waals surface area contributed by atoms with Crippen LogP contribution in [0.15, 0.2) is 200 Å². The molecule has 0 atom stereocenters. The molecule has 0 N–H and O–H groups in total. The van der Waals surface area contributed by atoms with Crippen LogP contribution in [-0.4, -0.2) is 0 Å². The van der Waals surface area contributed by atoms with Crippen LogP contribution in [0.1, 0.15) is 25.0 Å². The van der Waals surface area contributed by atoms with Gasteiger partial charge in [0.25, 0.3) is 0 Å². The van der Waals surface area contributed by atoms with Gasteiger partial charge in [0.05, 0.1) is 0 Å². The molecule has 2 nitrogen and oxygen atoms in total. The zero-order chi connectivity index (χ0) is 38.1. The maximum absolute atomic E-state index is 7.14. The molecular weight excluding hydrogens is 691 g/mol. The van der Waals surface area contributed by atoms with Crippen molar-refractivity contribution in [2.75, 3.05) is 4.90 Å². The van der Waals surface area contributed by atoms with Crippen LogP contribution in [0, 0.1) is 0 Å². The Labute approximate surface area is 333 Å². The molecule has 57 heavy (non-hydrogen) atoms. The molecule has 0 radical (unpaired) electrons. The van der Waals surface area contributed by atoms with Gasteiger partial charge in [-0.15, -0.1) is 0 Å². The maximum atomic E-state index is 7.14. The number of hydrogen-bond donors (Lipinski definition) is 0. The van der Waals surface area contributed by atoms with Crippen LogP contribution in [-0.2, 0) is 5.41 Å².